The van der Waals surface area contributed by atoms with Crippen molar-refractivity contribution < 1.29 is 0 Å². The summed E-state index contributed by atoms with van der Waals surface area (Å²) < 4.78 is 3.45. The average Bonchev–Trinajstić information content (AvgIpc) is 3.20. The minimum absolute atomic E-state index is 1.14. The molecule has 0 amide bonds. The van der Waals surface area contributed by atoms with Crippen LogP contribution < -0.4 is 0 Å². The molecule has 1 aromatic heterocycles. The van der Waals surface area contributed by atoms with Gasteiger partial charge in [-0.3, -0.25) is 0 Å². The van der Waals surface area contributed by atoms with Crippen molar-refractivity contribution in [1.82, 2.24) is 4.57 Å². The molecule has 0 radical (unpaired) electrons. The lowest BCUT2D eigenvalue weighted by Gasteiger charge is -2.18. The van der Waals surface area contributed by atoms with Gasteiger partial charge in [0.25, 0.3) is 0 Å². The molecule has 0 saturated carbocycles. The van der Waals surface area contributed by atoms with E-state index in [1.54, 1.807) is 0 Å². The monoisotopic (exact) mass is 509 g/mol. The molecule has 0 N–H and O–H groups in total. The number of nitrogens with zero attached hydrogens (tertiary/aromatic N) is 1. The minimum atomic E-state index is 1.14. The maximum Gasteiger partial charge on any atom is 0.0495 e. The fourth-order valence-electron chi connectivity index (χ4n) is 6.35. The van der Waals surface area contributed by atoms with Gasteiger partial charge >= 0.3 is 0 Å². The zero-order chi connectivity index (χ0) is 23.3. The lowest BCUT2D eigenvalue weighted by molar-refractivity contribution is 1.01. The van der Waals surface area contributed by atoms with Gasteiger partial charge in [-0.25, -0.2) is 0 Å². The van der Waals surface area contributed by atoms with E-state index >= 15 is 0 Å². The molecule has 1 nitrogen and oxygen atoms in total. The molecule has 0 spiro atoms. The number of fused-ring (bicyclic) bond motifs is 5. The Balaban J connectivity index is 1.62. The molecule has 0 aliphatic heterocycles. The van der Waals surface area contributed by atoms with Gasteiger partial charge in [-0.05, 0) is 67.0 Å². The number of rotatable bonds is 1. The van der Waals surface area contributed by atoms with E-state index in [-0.39, 0.29) is 0 Å². The van der Waals surface area contributed by atoms with E-state index in [0.29, 0.717) is 0 Å². The Bertz CT molecular complexity index is 2080. The maximum atomic E-state index is 3.96. The zero-order valence-corrected chi connectivity index (χ0v) is 20.7. The van der Waals surface area contributed by atoms with E-state index in [4.69, 9.17) is 0 Å². The van der Waals surface area contributed by atoms with E-state index < -0.39 is 0 Å². The van der Waals surface area contributed by atoms with Crippen molar-refractivity contribution in [1.29, 1.82) is 0 Å². The van der Waals surface area contributed by atoms with Gasteiger partial charge in [0.05, 0.1) is 0 Å². The van der Waals surface area contributed by atoms with Gasteiger partial charge in [0.1, 0.15) is 0 Å². The molecule has 0 aliphatic carbocycles. The highest BCUT2D eigenvalue weighted by atomic mass is 79.9. The van der Waals surface area contributed by atoms with Gasteiger partial charge in [0.2, 0.25) is 0 Å². The van der Waals surface area contributed by atoms with Crippen LogP contribution in [-0.4, -0.2) is 4.57 Å². The van der Waals surface area contributed by atoms with Crippen LogP contribution in [0.15, 0.2) is 108 Å². The van der Waals surface area contributed by atoms with Gasteiger partial charge in [-0.15, -0.1) is 0 Å². The van der Waals surface area contributed by atoms with Crippen LogP contribution >= 0.6 is 15.9 Å². The Morgan fingerprint density at radius 1 is 0.457 bits per heavy atom. The molecule has 0 unspecified atom stereocenters. The van der Waals surface area contributed by atoms with Crippen molar-refractivity contribution in [3.05, 3.63) is 108 Å². The number of aryl methyl sites for hydroxylation is 1. The third kappa shape index (κ3) is 2.42. The molecule has 1 heterocycles. The van der Waals surface area contributed by atoms with E-state index in [9.17, 15) is 0 Å². The van der Waals surface area contributed by atoms with E-state index in [2.05, 4.69) is 131 Å². The number of benzene rings is 7. The van der Waals surface area contributed by atoms with Crippen LogP contribution in [0.3, 0.4) is 0 Å². The first-order chi connectivity index (χ1) is 17.2. The fraction of sp³-hybridized carbons (Fsp3) is 0.0303. The molecule has 0 aliphatic rings. The summed E-state index contributed by atoms with van der Waals surface area (Å²) in [6, 6.07) is 37.9. The summed E-state index contributed by atoms with van der Waals surface area (Å²) in [7, 11) is 2.17. The second-order valence-corrected chi connectivity index (χ2v) is 10.3. The molecule has 0 atom stereocenters. The number of hydrogen-bond acceptors (Lipinski definition) is 0. The largest absolute Gasteiger partial charge is 0.344 e. The van der Waals surface area contributed by atoms with Crippen LogP contribution in [0, 0.1) is 0 Å². The summed E-state index contributed by atoms with van der Waals surface area (Å²) in [4.78, 5) is 0. The van der Waals surface area contributed by atoms with Crippen molar-refractivity contribution in [3.8, 4) is 11.1 Å². The second-order valence-electron chi connectivity index (χ2n) is 9.49. The summed E-state index contributed by atoms with van der Waals surface area (Å²) in [6.07, 6.45) is 0. The Labute approximate surface area is 210 Å². The highest BCUT2D eigenvalue weighted by Gasteiger charge is 2.19. The van der Waals surface area contributed by atoms with Crippen molar-refractivity contribution in [2.24, 2.45) is 7.05 Å². The fourth-order valence-corrected chi connectivity index (χ4v) is 6.90. The molecule has 8 aromatic rings. The first kappa shape index (κ1) is 19.4. The molecule has 8 rings (SSSR count). The highest BCUT2D eigenvalue weighted by molar-refractivity contribution is 9.10. The predicted molar refractivity (Wildman–Crippen MR) is 155 cm³/mol. The minimum Gasteiger partial charge on any atom is -0.344 e. The Kier molecular flexibility index (Phi) is 3.80. The number of halogens is 1. The molecule has 164 valence electrons. The van der Waals surface area contributed by atoms with E-state index in [1.807, 2.05) is 0 Å². The summed E-state index contributed by atoms with van der Waals surface area (Å²) in [5.74, 6) is 0. The molecular weight excluding hydrogens is 490 g/mol. The number of para-hydroxylation sites is 1. The molecule has 0 fully saturated rings. The second kappa shape index (κ2) is 6.84. The van der Waals surface area contributed by atoms with Crippen molar-refractivity contribution >= 4 is 80.8 Å². The topological polar surface area (TPSA) is 4.93 Å². The first-order valence-electron chi connectivity index (χ1n) is 12.0. The van der Waals surface area contributed by atoms with Crippen LogP contribution in [-0.2, 0) is 7.05 Å². The third-order valence-electron chi connectivity index (χ3n) is 7.82. The van der Waals surface area contributed by atoms with Crippen molar-refractivity contribution in [2.75, 3.05) is 0 Å². The Hall–Kier alpha value is -3.88. The third-order valence-corrected chi connectivity index (χ3v) is 8.48. The Morgan fingerprint density at radius 3 is 1.86 bits per heavy atom. The predicted octanol–water partition coefficient (Wildman–Crippen LogP) is 9.81. The van der Waals surface area contributed by atoms with Gasteiger partial charge < -0.3 is 4.57 Å². The lowest BCUT2D eigenvalue weighted by Crippen LogP contribution is -1.91. The summed E-state index contributed by atoms with van der Waals surface area (Å²) >= 11 is 3.96. The van der Waals surface area contributed by atoms with Crippen LogP contribution in [0.2, 0.25) is 0 Å². The number of hydrogen-bond donors (Lipinski definition) is 0. The smallest absolute Gasteiger partial charge is 0.0495 e. The van der Waals surface area contributed by atoms with Gasteiger partial charge in [0, 0.05) is 38.7 Å². The highest BCUT2D eigenvalue weighted by Crippen LogP contribution is 2.47. The molecule has 0 bridgehead atoms. The van der Waals surface area contributed by atoms with Crippen molar-refractivity contribution in [3.63, 3.8) is 0 Å². The lowest BCUT2D eigenvalue weighted by atomic mass is 9.86. The van der Waals surface area contributed by atoms with Gasteiger partial charge in [0.15, 0.2) is 0 Å². The van der Waals surface area contributed by atoms with Gasteiger partial charge in [-0.1, -0.05) is 101 Å². The van der Waals surface area contributed by atoms with E-state index in [1.165, 1.54) is 76.0 Å². The molecule has 0 saturated heterocycles. The SMILES string of the molecule is Cn1c2ccccc2c2c(-c3ccc4c5cccc6cccc(c7ccc(Br)c3c74)c65)cccc21. The average molecular weight is 510 g/mol. The van der Waals surface area contributed by atoms with Crippen LogP contribution in [0.4, 0.5) is 0 Å². The van der Waals surface area contributed by atoms with E-state index in [0.717, 1.165) is 4.47 Å². The molecule has 2 heteroatoms. The van der Waals surface area contributed by atoms with Crippen LogP contribution in [0.1, 0.15) is 0 Å². The summed E-state index contributed by atoms with van der Waals surface area (Å²) in [6.45, 7) is 0. The number of aromatic nitrogens is 1. The first-order valence-corrected chi connectivity index (χ1v) is 12.8. The van der Waals surface area contributed by atoms with Crippen LogP contribution in [0.5, 0.6) is 0 Å². The maximum absolute atomic E-state index is 3.96. The zero-order valence-electron chi connectivity index (χ0n) is 19.1. The van der Waals surface area contributed by atoms with Gasteiger partial charge in [-0.2, -0.15) is 0 Å². The standard InChI is InChI=1S/C33H20BrN/c1-35-28-13-3-2-9-26(28)31-22(12-6-14-29(31)35)25-16-15-23-20-10-4-7-19-8-5-11-21(30(19)20)24-17-18-27(34)33(25)32(23)24/h2-18H,1H3. The Morgan fingerprint density at radius 2 is 1.06 bits per heavy atom. The molecule has 7 aromatic carbocycles. The normalized spacial score (nSPS) is 12.3. The summed E-state index contributed by atoms with van der Waals surface area (Å²) in [5.41, 5.74) is 5.07. The quantitative estimate of drug-likeness (QED) is 0.153. The molecular formula is C33H20BrN. The van der Waals surface area contributed by atoms with Crippen molar-refractivity contribution in [2.45, 2.75) is 0 Å². The summed E-state index contributed by atoms with van der Waals surface area (Å²) in [5, 5.41) is 13.2. The van der Waals surface area contributed by atoms with Crippen LogP contribution in [0.25, 0.3) is 76.0 Å². The molecule has 35 heavy (non-hydrogen) atoms.